The van der Waals surface area contributed by atoms with Gasteiger partial charge in [-0.25, -0.2) is 0 Å². The van der Waals surface area contributed by atoms with Crippen LogP contribution in [0.3, 0.4) is 0 Å². The van der Waals surface area contributed by atoms with E-state index in [1.54, 1.807) is 7.11 Å². The van der Waals surface area contributed by atoms with Crippen molar-refractivity contribution in [2.45, 2.75) is 44.9 Å². The normalized spacial score (nSPS) is 16.3. The molecule has 0 radical (unpaired) electrons. The molecule has 0 amide bonds. The molecule has 1 fully saturated rings. The number of aliphatic hydroxyl groups is 1. The molecule has 1 N–H and O–H groups in total. The smallest absolute Gasteiger partial charge is 0.161 e. The van der Waals surface area contributed by atoms with Crippen molar-refractivity contribution in [3.63, 3.8) is 0 Å². The summed E-state index contributed by atoms with van der Waals surface area (Å²) >= 11 is 0. The number of likely N-dealkylation sites (tertiary alicyclic amines) is 1. The standard InChI is InChI=1S/C25H36N2O3/c1-26(17-21-10-6-5-7-11-21)19-23(28)20-30-25-16-22(12-13-24(25)29-2)18-27-14-8-3-4-9-15-27/h5-7,10-13,16,23,28H,3-4,8-9,14-15,17-20H2,1-2H3/t23-/m1/s1. The van der Waals surface area contributed by atoms with Gasteiger partial charge in [0, 0.05) is 19.6 Å². The molecule has 2 aromatic carbocycles. The van der Waals surface area contributed by atoms with Gasteiger partial charge in [0.1, 0.15) is 12.7 Å². The van der Waals surface area contributed by atoms with E-state index in [1.165, 1.54) is 36.8 Å². The molecule has 1 aliphatic rings. The zero-order chi connectivity index (χ0) is 21.2. The van der Waals surface area contributed by atoms with Crippen LogP contribution < -0.4 is 9.47 Å². The second-order valence-electron chi connectivity index (χ2n) is 8.32. The van der Waals surface area contributed by atoms with Gasteiger partial charge in [0.15, 0.2) is 11.5 Å². The van der Waals surface area contributed by atoms with Gasteiger partial charge in [0.2, 0.25) is 0 Å². The van der Waals surface area contributed by atoms with Crippen LogP contribution in [0, 0.1) is 0 Å². The van der Waals surface area contributed by atoms with Crippen LogP contribution in [0.15, 0.2) is 48.5 Å². The van der Waals surface area contributed by atoms with E-state index in [9.17, 15) is 5.11 Å². The molecule has 1 heterocycles. The van der Waals surface area contributed by atoms with Crippen molar-refractivity contribution in [2.75, 3.05) is 40.4 Å². The third kappa shape index (κ3) is 7.31. The molecule has 30 heavy (non-hydrogen) atoms. The van der Waals surface area contributed by atoms with Gasteiger partial charge in [-0.3, -0.25) is 9.80 Å². The number of nitrogens with zero attached hydrogens (tertiary/aromatic N) is 2. The first-order valence-corrected chi connectivity index (χ1v) is 11.1. The summed E-state index contributed by atoms with van der Waals surface area (Å²) in [6, 6.07) is 16.4. The SMILES string of the molecule is COc1ccc(CN2CCCCCC2)cc1OC[C@H](O)CN(C)Cc1ccccc1. The highest BCUT2D eigenvalue weighted by molar-refractivity contribution is 5.43. The summed E-state index contributed by atoms with van der Waals surface area (Å²) in [4.78, 5) is 4.63. The average molecular weight is 413 g/mol. The van der Waals surface area contributed by atoms with Crippen LogP contribution in [0.5, 0.6) is 11.5 Å². The van der Waals surface area contributed by atoms with E-state index in [1.807, 2.05) is 31.3 Å². The van der Waals surface area contributed by atoms with Gasteiger partial charge in [-0.05, 0) is 56.2 Å². The number of hydrogen-bond donors (Lipinski definition) is 1. The lowest BCUT2D eigenvalue weighted by atomic mass is 10.2. The molecule has 0 spiro atoms. The number of ether oxygens (including phenoxy) is 2. The quantitative estimate of drug-likeness (QED) is 0.640. The topological polar surface area (TPSA) is 45.2 Å². The molecular weight excluding hydrogens is 376 g/mol. The molecule has 3 rings (SSSR count). The van der Waals surface area contributed by atoms with Crippen molar-refractivity contribution < 1.29 is 14.6 Å². The Morgan fingerprint density at radius 2 is 1.70 bits per heavy atom. The van der Waals surface area contributed by atoms with E-state index in [-0.39, 0.29) is 6.61 Å². The van der Waals surface area contributed by atoms with Crippen molar-refractivity contribution in [1.29, 1.82) is 0 Å². The predicted octanol–water partition coefficient (Wildman–Crippen LogP) is 3.94. The zero-order valence-electron chi connectivity index (χ0n) is 18.4. The minimum Gasteiger partial charge on any atom is -0.493 e. The Morgan fingerprint density at radius 1 is 0.967 bits per heavy atom. The number of hydrogen-bond acceptors (Lipinski definition) is 5. The highest BCUT2D eigenvalue weighted by atomic mass is 16.5. The fourth-order valence-corrected chi connectivity index (χ4v) is 4.04. The van der Waals surface area contributed by atoms with Gasteiger partial charge in [-0.1, -0.05) is 49.2 Å². The second-order valence-corrected chi connectivity index (χ2v) is 8.32. The summed E-state index contributed by atoms with van der Waals surface area (Å²) < 4.78 is 11.4. The number of methoxy groups -OCH3 is 1. The summed E-state index contributed by atoms with van der Waals surface area (Å²) in [5.74, 6) is 1.41. The fourth-order valence-electron chi connectivity index (χ4n) is 4.04. The minimum atomic E-state index is -0.572. The van der Waals surface area contributed by atoms with Crippen LogP contribution in [-0.2, 0) is 13.1 Å². The molecule has 0 aliphatic carbocycles. The van der Waals surface area contributed by atoms with E-state index >= 15 is 0 Å². The van der Waals surface area contributed by atoms with E-state index in [0.717, 1.165) is 26.2 Å². The van der Waals surface area contributed by atoms with Crippen molar-refractivity contribution in [3.8, 4) is 11.5 Å². The fraction of sp³-hybridized carbons (Fsp3) is 0.520. The maximum absolute atomic E-state index is 10.5. The highest BCUT2D eigenvalue weighted by Crippen LogP contribution is 2.29. The minimum absolute atomic E-state index is 0.239. The third-order valence-electron chi connectivity index (χ3n) is 5.58. The van der Waals surface area contributed by atoms with Gasteiger partial charge in [0.25, 0.3) is 0 Å². The largest absolute Gasteiger partial charge is 0.493 e. The number of likely N-dealkylation sites (N-methyl/N-ethyl adjacent to an activating group) is 1. The highest BCUT2D eigenvalue weighted by Gasteiger charge is 2.14. The Balaban J connectivity index is 1.52. The molecule has 1 atom stereocenters. The first-order chi connectivity index (χ1) is 14.6. The molecule has 1 saturated heterocycles. The zero-order valence-corrected chi connectivity index (χ0v) is 18.4. The van der Waals surface area contributed by atoms with Crippen LogP contribution in [-0.4, -0.2) is 61.4 Å². The van der Waals surface area contributed by atoms with Crippen molar-refractivity contribution >= 4 is 0 Å². The first kappa shape index (κ1) is 22.6. The van der Waals surface area contributed by atoms with Gasteiger partial charge < -0.3 is 14.6 Å². The predicted molar refractivity (Wildman–Crippen MR) is 121 cm³/mol. The summed E-state index contributed by atoms with van der Waals surface area (Å²) in [5, 5.41) is 10.5. The lowest BCUT2D eigenvalue weighted by Gasteiger charge is -2.22. The van der Waals surface area contributed by atoms with Crippen molar-refractivity contribution in [1.82, 2.24) is 9.80 Å². The summed E-state index contributed by atoms with van der Waals surface area (Å²) in [5.41, 5.74) is 2.46. The van der Waals surface area contributed by atoms with Crippen molar-refractivity contribution in [2.24, 2.45) is 0 Å². The Hall–Kier alpha value is -2.08. The van der Waals surface area contributed by atoms with Crippen LogP contribution >= 0.6 is 0 Å². The van der Waals surface area contributed by atoms with Gasteiger partial charge in [-0.15, -0.1) is 0 Å². The van der Waals surface area contributed by atoms with Gasteiger partial charge >= 0.3 is 0 Å². The molecule has 164 valence electrons. The maximum Gasteiger partial charge on any atom is 0.161 e. The summed E-state index contributed by atoms with van der Waals surface area (Å²) in [7, 11) is 3.67. The Morgan fingerprint density at radius 3 is 2.40 bits per heavy atom. The Bertz CT molecular complexity index is 745. The lowest BCUT2D eigenvalue weighted by molar-refractivity contribution is 0.0732. The molecule has 2 aromatic rings. The molecule has 0 aromatic heterocycles. The molecule has 0 bridgehead atoms. The Labute approximate surface area is 181 Å². The number of benzene rings is 2. The molecule has 0 unspecified atom stereocenters. The maximum atomic E-state index is 10.5. The monoisotopic (exact) mass is 412 g/mol. The van der Waals surface area contributed by atoms with Crippen molar-refractivity contribution in [3.05, 3.63) is 59.7 Å². The van der Waals surface area contributed by atoms with Crippen LogP contribution in [0.25, 0.3) is 0 Å². The second kappa shape index (κ2) is 11.9. The van der Waals surface area contributed by atoms with E-state index in [2.05, 4.69) is 34.1 Å². The molecular formula is C25H36N2O3. The van der Waals surface area contributed by atoms with Crippen LogP contribution in [0.4, 0.5) is 0 Å². The number of aliphatic hydroxyl groups excluding tert-OH is 1. The summed E-state index contributed by atoms with van der Waals surface area (Å²) in [6.45, 7) is 4.84. The third-order valence-corrected chi connectivity index (χ3v) is 5.58. The first-order valence-electron chi connectivity index (χ1n) is 11.1. The van der Waals surface area contributed by atoms with Crippen LogP contribution in [0.1, 0.15) is 36.8 Å². The lowest BCUT2D eigenvalue weighted by Crippen LogP contribution is -2.32. The number of rotatable bonds is 10. The Kier molecular flexibility index (Phi) is 9.00. The van der Waals surface area contributed by atoms with E-state index in [4.69, 9.17) is 9.47 Å². The van der Waals surface area contributed by atoms with Gasteiger partial charge in [0.05, 0.1) is 7.11 Å². The van der Waals surface area contributed by atoms with Gasteiger partial charge in [-0.2, -0.15) is 0 Å². The molecule has 5 nitrogen and oxygen atoms in total. The molecule has 1 aliphatic heterocycles. The molecule has 0 saturated carbocycles. The molecule has 5 heteroatoms. The average Bonchev–Trinajstić information content (AvgIpc) is 3.01. The van der Waals surface area contributed by atoms with E-state index in [0.29, 0.717) is 18.0 Å². The van der Waals surface area contributed by atoms with Crippen LogP contribution in [0.2, 0.25) is 0 Å². The summed E-state index contributed by atoms with van der Waals surface area (Å²) in [6.07, 6.45) is 4.66. The van der Waals surface area contributed by atoms with E-state index < -0.39 is 6.10 Å².